The van der Waals surface area contributed by atoms with Gasteiger partial charge in [-0.05, 0) is 34.8 Å². The Kier molecular flexibility index (Phi) is 5.83. The van der Waals surface area contributed by atoms with Crippen molar-refractivity contribution in [2.75, 3.05) is 6.26 Å². The fourth-order valence-electron chi connectivity index (χ4n) is 4.77. The van der Waals surface area contributed by atoms with Gasteiger partial charge < -0.3 is 5.11 Å². The Hall–Kier alpha value is -1.88. The molecule has 2 aliphatic carbocycles. The molecule has 0 amide bonds. The van der Waals surface area contributed by atoms with E-state index in [9.17, 15) is 19.5 Å². The van der Waals surface area contributed by atoms with Gasteiger partial charge >= 0.3 is 0 Å². The van der Waals surface area contributed by atoms with Crippen molar-refractivity contribution in [2.24, 2.45) is 16.7 Å². The van der Waals surface area contributed by atoms with Crippen molar-refractivity contribution < 1.29 is 19.5 Å². The summed E-state index contributed by atoms with van der Waals surface area (Å²) in [4.78, 5) is 40.4. The zero-order valence-corrected chi connectivity index (χ0v) is 18.7. The molecule has 1 unspecified atom stereocenters. The zero-order chi connectivity index (χ0) is 21.6. The molecule has 1 aromatic carbocycles. The first-order valence-corrected chi connectivity index (χ1v) is 11.3. The van der Waals surface area contributed by atoms with E-state index in [2.05, 4.69) is 0 Å². The van der Waals surface area contributed by atoms with Crippen LogP contribution in [0.25, 0.3) is 0 Å². The molecule has 0 aliphatic heterocycles. The number of aliphatic hydroxyl groups excluding tert-OH is 1. The van der Waals surface area contributed by atoms with Crippen molar-refractivity contribution in [3.63, 3.8) is 0 Å². The van der Waals surface area contributed by atoms with Gasteiger partial charge in [-0.15, -0.1) is 11.8 Å². The second-order valence-electron chi connectivity index (χ2n) is 9.98. The van der Waals surface area contributed by atoms with Crippen LogP contribution in [0.5, 0.6) is 0 Å². The molecule has 1 N–H and O–H groups in total. The monoisotopic (exact) mass is 414 g/mol. The lowest BCUT2D eigenvalue weighted by Crippen LogP contribution is -2.43. The number of carbonyl (C=O) groups is 3. The van der Waals surface area contributed by atoms with E-state index < -0.39 is 11.8 Å². The van der Waals surface area contributed by atoms with Gasteiger partial charge in [-0.2, -0.15) is 0 Å². The molecule has 1 aromatic rings. The lowest BCUT2D eigenvalue weighted by Gasteiger charge is -2.39. The van der Waals surface area contributed by atoms with Crippen molar-refractivity contribution in [3.8, 4) is 0 Å². The lowest BCUT2D eigenvalue weighted by molar-refractivity contribution is -0.140. The summed E-state index contributed by atoms with van der Waals surface area (Å²) < 4.78 is 0. The highest BCUT2D eigenvalue weighted by atomic mass is 32.2. The second kappa shape index (κ2) is 7.75. The molecule has 0 saturated heterocycles. The Morgan fingerprint density at radius 1 is 0.897 bits per heavy atom. The van der Waals surface area contributed by atoms with E-state index in [0.29, 0.717) is 25.7 Å². The van der Waals surface area contributed by atoms with Crippen molar-refractivity contribution in [3.05, 3.63) is 41.2 Å². The van der Waals surface area contributed by atoms with E-state index in [-0.39, 0.29) is 39.5 Å². The number of allylic oxidation sites excluding steroid dienone is 2. The number of benzene rings is 1. The van der Waals surface area contributed by atoms with E-state index >= 15 is 0 Å². The SMILES string of the molecule is CSc1ccc(C(C2=C(O)CC(C)(C)CC2=O)C2C(=O)CC(C)(C)CC2=O)cc1. The minimum Gasteiger partial charge on any atom is -0.512 e. The third-order valence-electron chi connectivity index (χ3n) is 6.02. The highest BCUT2D eigenvalue weighted by molar-refractivity contribution is 7.98. The quantitative estimate of drug-likeness (QED) is 0.537. The normalized spacial score (nSPS) is 23.4. The van der Waals surface area contributed by atoms with Gasteiger partial charge in [0, 0.05) is 42.1 Å². The maximum Gasteiger partial charge on any atom is 0.163 e. The molecule has 3 rings (SSSR count). The van der Waals surface area contributed by atoms with E-state index in [0.717, 1.165) is 10.5 Å². The van der Waals surface area contributed by atoms with Crippen molar-refractivity contribution >= 4 is 29.1 Å². The number of rotatable bonds is 4. The highest BCUT2D eigenvalue weighted by Gasteiger charge is 2.48. The molecule has 0 radical (unpaired) electrons. The zero-order valence-electron chi connectivity index (χ0n) is 17.9. The minimum absolute atomic E-state index is 0.0237. The first-order valence-electron chi connectivity index (χ1n) is 10.1. The summed E-state index contributed by atoms with van der Waals surface area (Å²) in [6, 6.07) is 7.63. The molecule has 0 bridgehead atoms. The fraction of sp³-hybridized carbons (Fsp3) is 0.542. The number of carbonyl (C=O) groups excluding carboxylic acids is 3. The van der Waals surface area contributed by atoms with Crippen LogP contribution >= 0.6 is 11.8 Å². The van der Waals surface area contributed by atoms with Crippen LogP contribution in [0.15, 0.2) is 40.5 Å². The van der Waals surface area contributed by atoms with Crippen molar-refractivity contribution in [1.29, 1.82) is 0 Å². The maximum atomic E-state index is 13.1. The standard InChI is InChI=1S/C24H30O4S/c1-23(2)10-16(25)21(17(26)11-23)20(14-6-8-15(29-5)9-7-14)22-18(27)12-24(3,4)13-19(22)28/h6-9,20-21,27H,10-13H2,1-5H3. The van der Waals surface area contributed by atoms with Crippen LogP contribution in [0.4, 0.5) is 0 Å². The predicted octanol–water partition coefficient (Wildman–Crippen LogP) is 5.27. The van der Waals surface area contributed by atoms with Gasteiger partial charge in [0.25, 0.3) is 0 Å². The predicted molar refractivity (Wildman–Crippen MR) is 115 cm³/mol. The molecule has 4 nitrogen and oxygen atoms in total. The smallest absolute Gasteiger partial charge is 0.163 e. The van der Waals surface area contributed by atoms with E-state index in [1.54, 1.807) is 11.8 Å². The molecule has 5 heteroatoms. The molecule has 29 heavy (non-hydrogen) atoms. The summed E-state index contributed by atoms with van der Waals surface area (Å²) in [6.45, 7) is 7.73. The number of ketones is 3. The highest BCUT2D eigenvalue weighted by Crippen LogP contribution is 2.47. The number of thioether (sulfide) groups is 1. The van der Waals surface area contributed by atoms with Gasteiger partial charge in [-0.1, -0.05) is 39.8 Å². The molecular formula is C24H30O4S. The summed E-state index contributed by atoms with van der Waals surface area (Å²) in [5.74, 6) is -2.04. The van der Waals surface area contributed by atoms with Crippen LogP contribution in [0.3, 0.4) is 0 Å². The molecule has 1 saturated carbocycles. The average Bonchev–Trinajstić information content (AvgIpc) is 2.57. The average molecular weight is 415 g/mol. The van der Waals surface area contributed by atoms with Crippen LogP contribution < -0.4 is 0 Å². The third kappa shape index (κ3) is 4.50. The van der Waals surface area contributed by atoms with Crippen LogP contribution in [0, 0.1) is 16.7 Å². The van der Waals surface area contributed by atoms with E-state index in [1.165, 1.54) is 0 Å². The second-order valence-corrected chi connectivity index (χ2v) is 10.9. The Morgan fingerprint density at radius 3 is 1.90 bits per heavy atom. The van der Waals surface area contributed by atoms with Gasteiger partial charge in [0.15, 0.2) is 5.78 Å². The van der Waals surface area contributed by atoms with Crippen molar-refractivity contribution in [1.82, 2.24) is 0 Å². The van der Waals surface area contributed by atoms with Crippen LogP contribution in [0.1, 0.15) is 64.9 Å². The Morgan fingerprint density at radius 2 is 1.41 bits per heavy atom. The van der Waals surface area contributed by atoms with Crippen molar-refractivity contribution in [2.45, 2.75) is 64.2 Å². The Balaban J connectivity index is 2.14. The molecule has 2 aliphatic rings. The summed E-state index contributed by atoms with van der Waals surface area (Å²) in [5, 5.41) is 10.8. The summed E-state index contributed by atoms with van der Waals surface area (Å²) in [6.07, 6.45) is 3.25. The molecular weight excluding hydrogens is 384 g/mol. The molecule has 1 fully saturated rings. The minimum atomic E-state index is -0.912. The molecule has 156 valence electrons. The maximum absolute atomic E-state index is 13.1. The number of aliphatic hydroxyl groups is 1. The van der Waals surface area contributed by atoms with Crippen LogP contribution in [-0.4, -0.2) is 28.7 Å². The first kappa shape index (κ1) is 21.8. The number of Topliss-reactive ketones (excluding diaryl/α,β-unsaturated/α-hetero) is 3. The molecule has 1 atom stereocenters. The molecule has 0 spiro atoms. The molecule has 0 aromatic heterocycles. The van der Waals surface area contributed by atoms with Gasteiger partial charge in [0.05, 0.1) is 5.92 Å². The third-order valence-corrected chi connectivity index (χ3v) is 6.76. The van der Waals surface area contributed by atoms with Gasteiger partial charge in [0.1, 0.15) is 17.3 Å². The fourth-order valence-corrected chi connectivity index (χ4v) is 5.18. The molecule has 0 heterocycles. The first-order chi connectivity index (χ1) is 13.4. The number of hydrogen-bond acceptors (Lipinski definition) is 5. The topological polar surface area (TPSA) is 71.4 Å². The Labute approximate surface area is 177 Å². The van der Waals surface area contributed by atoms with E-state index in [4.69, 9.17) is 0 Å². The van der Waals surface area contributed by atoms with Crippen LogP contribution in [-0.2, 0) is 14.4 Å². The van der Waals surface area contributed by atoms with Gasteiger partial charge in [-0.25, -0.2) is 0 Å². The summed E-state index contributed by atoms with van der Waals surface area (Å²) in [5.41, 5.74) is 0.296. The lowest BCUT2D eigenvalue weighted by atomic mass is 9.62. The Bertz CT molecular complexity index is 857. The number of hydrogen-bond donors (Lipinski definition) is 1. The summed E-state index contributed by atoms with van der Waals surface area (Å²) >= 11 is 1.60. The van der Waals surface area contributed by atoms with Gasteiger partial charge in [-0.3, -0.25) is 14.4 Å². The van der Waals surface area contributed by atoms with E-state index in [1.807, 2.05) is 58.2 Å². The van der Waals surface area contributed by atoms with Gasteiger partial charge in [0.2, 0.25) is 0 Å². The largest absolute Gasteiger partial charge is 0.512 e. The van der Waals surface area contributed by atoms with Crippen LogP contribution in [0.2, 0.25) is 0 Å². The summed E-state index contributed by atoms with van der Waals surface area (Å²) in [7, 11) is 0.